The summed E-state index contributed by atoms with van der Waals surface area (Å²) in [6.07, 6.45) is 7.91. The summed E-state index contributed by atoms with van der Waals surface area (Å²) < 4.78 is 0. The van der Waals surface area contributed by atoms with Crippen LogP contribution in [0.15, 0.2) is 0 Å². The minimum Gasteiger partial charge on any atom is -0.360 e. The van der Waals surface area contributed by atoms with E-state index in [4.69, 9.17) is 0 Å². The number of carbonyl (C=O) groups excluding carboxylic acids is 1. The van der Waals surface area contributed by atoms with Crippen LogP contribution in [0.1, 0.15) is 90.4 Å². The van der Waals surface area contributed by atoms with Gasteiger partial charge in [0.1, 0.15) is 6.29 Å². The van der Waals surface area contributed by atoms with Gasteiger partial charge < -0.3 is 15.0 Å². The van der Waals surface area contributed by atoms with Crippen LogP contribution in [0.2, 0.25) is 0 Å². The Morgan fingerprint density at radius 1 is 0.889 bits per heavy atom. The van der Waals surface area contributed by atoms with Crippen LogP contribution in [0.25, 0.3) is 0 Å². The van der Waals surface area contributed by atoms with Crippen LogP contribution >= 0.6 is 0 Å². The van der Waals surface area contributed by atoms with Crippen LogP contribution in [0.4, 0.5) is 0 Å². The van der Waals surface area contributed by atoms with Gasteiger partial charge >= 0.3 is 0 Å². The lowest BCUT2D eigenvalue weighted by molar-refractivity contribution is -0.578. The lowest BCUT2D eigenvalue weighted by atomic mass is 9.92. The van der Waals surface area contributed by atoms with E-state index in [1.165, 1.54) is 0 Å². The van der Waals surface area contributed by atoms with Gasteiger partial charge in [-0.25, -0.2) is 0 Å². The van der Waals surface area contributed by atoms with Crippen molar-refractivity contribution in [3.8, 4) is 0 Å². The Morgan fingerprint density at radius 3 is 1.96 bits per heavy atom. The van der Waals surface area contributed by atoms with Crippen molar-refractivity contribution in [1.82, 2.24) is 0 Å². The fourth-order valence-electron chi connectivity index (χ4n) is 3.17. The molecule has 0 saturated carbocycles. The van der Waals surface area contributed by atoms with Gasteiger partial charge in [-0.15, -0.1) is 0 Å². The molecule has 0 heterocycles. The molecular formula is C18H34N2O7. The number of hydrogen-bond donors (Lipinski definition) is 2. The Bertz CT molecular complexity index is 443. The lowest BCUT2D eigenvalue weighted by Crippen LogP contribution is -2.50. The van der Waals surface area contributed by atoms with E-state index in [0.717, 1.165) is 51.2 Å². The first kappa shape index (κ1) is 25.4. The van der Waals surface area contributed by atoms with Crippen LogP contribution in [-0.2, 0) is 4.79 Å². The van der Waals surface area contributed by atoms with Crippen LogP contribution in [-0.4, -0.2) is 44.2 Å². The largest absolute Gasteiger partial charge is 0.360 e. The monoisotopic (exact) mass is 390 g/mol. The highest BCUT2D eigenvalue weighted by molar-refractivity contribution is 5.48. The molecule has 0 spiro atoms. The number of nitro groups is 2. The molecular weight excluding hydrogens is 356 g/mol. The van der Waals surface area contributed by atoms with Crippen LogP contribution in [0.5, 0.6) is 0 Å². The van der Waals surface area contributed by atoms with Crippen LogP contribution in [0, 0.1) is 20.2 Å². The SMILES string of the molecule is CCCCCC([N+](=O)[O-])C(O)(O)CC(CCCCCCCCC=O)[N+](=O)[O-]. The second kappa shape index (κ2) is 14.4. The topological polar surface area (TPSA) is 144 Å². The van der Waals surface area contributed by atoms with Gasteiger partial charge in [0.25, 0.3) is 6.04 Å². The molecule has 0 aliphatic rings. The van der Waals surface area contributed by atoms with Crippen molar-refractivity contribution in [2.75, 3.05) is 0 Å². The van der Waals surface area contributed by atoms with Crippen molar-refractivity contribution < 1.29 is 24.9 Å². The Morgan fingerprint density at radius 2 is 1.44 bits per heavy atom. The highest BCUT2D eigenvalue weighted by atomic mass is 16.6. The molecule has 2 atom stereocenters. The molecule has 0 aromatic heterocycles. The first-order chi connectivity index (χ1) is 12.8. The summed E-state index contributed by atoms with van der Waals surface area (Å²) in [5.74, 6) is -2.69. The van der Waals surface area contributed by atoms with E-state index in [1.54, 1.807) is 0 Å². The van der Waals surface area contributed by atoms with E-state index in [9.17, 15) is 35.2 Å². The smallest absolute Gasteiger partial charge is 0.266 e. The third-order valence-corrected chi connectivity index (χ3v) is 4.81. The molecule has 0 aliphatic carbocycles. The summed E-state index contributed by atoms with van der Waals surface area (Å²) in [6.45, 7) is 1.93. The number of aldehydes is 1. The Hall–Kier alpha value is -1.61. The maximum atomic E-state index is 11.2. The van der Waals surface area contributed by atoms with Crippen molar-refractivity contribution in [1.29, 1.82) is 0 Å². The molecule has 27 heavy (non-hydrogen) atoms. The maximum absolute atomic E-state index is 11.2. The summed E-state index contributed by atoms with van der Waals surface area (Å²) in [5.41, 5.74) is 0. The molecule has 2 N–H and O–H groups in total. The molecule has 0 amide bonds. The molecule has 158 valence electrons. The van der Waals surface area contributed by atoms with Crippen molar-refractivity contribution in [2.45, 2.75) is 108 Å². The van der Waals surface area contributed by atoms with Gasteiger partial charge in [0, 0.05) is 29.1 Å². The molecule has 0 bridgehead atoms. The number of unbranched alkanes of at least 4 members (excludes halogenated alkanes) is 8. The molecule has 0 aliphatic heterocycles. The highest BCUT2D eigenvalue weighted by Crippen LogP contribution is 2.25. The molecule has 9 heteroatoms. The first-order valence-corrected chi connectivity index (χ1v) is 9.91. The number of nitrogens with zero attached hydrogens (tertiary/aromatic N) is 2. The zero-order chi connectivity index (χ0) is 20.7. The number of rotatable bonds is 18. The molecule has 9 nitrogen and oxygen atoms in total. The highest BCUT2D eigenvalue weighted by Gasteiger charge is 2.47. The van der Waals surface area contributed by atoms with E-state index in [0.29, 0.717) is 19.3 Å². The predicted octanol–water partition coefficient (Wildman–Crippen LogP) is 3.25. The summed E-state index contributed by atoms with van der Waals surface area (Å²) in [7, 11) is 0. The second-order valence-electron chi connectivity index (χ2n) is 7.18. The Labute approximate surface area is 160 Å². The van der Waals surface area contributed by atoms with Gasteiger partial charge in [0.05, 0.1) is 6.42 Å². The second-order valence-corrected chi connectivity index (χ2v) is 7.18. The number of hydrogen-bond acceptors (Lipinski definition) is 7. The summed E-state index contributed by atoms with van der Waals surface area (Å²) in [5, 5.41) is 42.8. The summed E-state index contributed by atoms with van der Waals surface area (Å²) in [4.78, 5) is 31.3. The van der Waals surface area contributed by atoms with E-state index in [2.05, 4.69) is 0 Å². The van der Waals surface area contributed by atoms with E-state index < -0.39 is 34.1 Å². The molecule has 0 saturated heterocycles. The minimum absolute atomic E-state index is 0.0148. The quantitative estimate of drug-likeness (QED) is 0.120. The van der Waals surface area contributed by atoms with Crippen molar-refractivity contribution >= 4 is 6.29 Å². The minimum atomic E-state index is -2.69. The Balaban J connectivity index is 4.47. The predicted molar refractivity (Wildman–Crippen MR) is 100 cm³/mol. The normalized spacial score (nSPS) is 13.9. The van der Waals surface area contributed by atoms with Crippen molar-refractivity contribution in [2.24, 2.45) is 0 Å². The molecule has 0 fully saturated rings. The van der Waals surface area contributed by atoms with Crippen molar-refractivity contribution in [3.05, 3.63) is 20.2 Å². The summed E-state index contributed by atoms with van der Waals surface area (Å²) in [6, 6.07) is -2.84. The van der Waals surface area contributed by atoms with E-state index in [-0.39, 0.29) is 12.8 Å². The zero-order valence-corrected chi connectivity index (χ0v) is 16.3. The Kier molecular flexibility index (Phi) is 13.6. The van der Waals surface area contributed by atoms with E-state index in [1.807, 2.05) is 6.92 Å². The zero-order valence-electron chi connectivity index (χ0n) is 16.3. The fourth-order valence-corrected chi connectivity index (χ4v) is 3.17. The van der Waals surface area contributed by atoms with Gasteiger partial charge in [-0.05, 0) is 19.3 Å². The lowest BCUT2D eigenvalue weighted by Gasteiger charge is -2.26. The molecule has 0 rings (SSSR count). The van der Waals surface area contributed by atoms with Crippen LogP contribution < -0.4 is 0 Å². The average molecular weight is 390 g/mol. The molecule has 0 aromatic carbocycles. The third kappa shape index (κ3) is 11.7. The maximum Gasteiger partial charge on any atom is 0.266 e. The number of aliphatic hydroxyl groups is 2. The van der Waals surface area contributed by atoms with Crippen molar-refractivity contribution in [3.63, 3.8) is 0 Å². The molecule has 2 unspecified atom stereocenters. The van der Waals surface area contributed by atoms with E-state index >= 15 is 0 Å². The number of carbonyl (C=O) groups is 1. The van der Waals surface area contributed by atoms with Gasteiger partial charge in [0.2, 0.25) is 11.8 Å². The molecule has 0 radical (unpaired) electrons. The van der Waals surface area contributed by atoms with Crippen LogP contribution in [0.3, 0.4) is 0 Å². The van der Waals surface area contributed by atoms with Gasteiger partial charge in [-0.1, -0.05) is 45.4 Å². The third-order valence-electron chi connectivity index (χ3n) is 4.81. The average Bonchev–Trinajstić information content (AvgIpc) is 2.59. The van der Waals surface area contributed by atoms with Gasteiger partial charge in [-0.2, -0.15) is 0 Å². The standard InChI is InChI=1S/C18H34N2O7/c1-2-3-9-13-17(20(26)27)18(22,23)15-16(19(24)25)12-10-7-5-4-6-8-11-14-21/h14,16-17,22-23H,2-13,15H2,1H3. The molecule has 0 aromatic rings. The summed E-state index contributed by atoms with van der Waals surface area (Å²) >= 11 is 0. The van der Waals surface area contributed by atoms with Gasteiger partial charge in [0.15, 0.2) is 0 Å². The first-order valence-electron chi connectivity index (χ1n) is 9.91. The fraction of sp³-hybridized carbons (Fsp3) is 0.944. The van der Waals surface area contributed by atoms with Gasteiger partial charge in [-0.3, -0.25) is 20.2 Å².